The topological polar surface area (TPSA) is 153 Å². The van der Waals surface area contributed by atoms with Gasteiger partial charge in [-0.3, -0.25) is 24.1 Å². The fourth-order valence-corrected chi connectivity index (χ4v) is 2.84. The fourth-order valence-electron chi connectivity index (χ4n) is 2.84. The number of carbonyl (C=O) groups excluding carboxylic acids is 5. The smallest absolute Gasteiger partial charge is 0.342 e. The summed E-state index contributed by atoms with van der Waals surface area (Å²) in [6.45, 7) is 6.11. The predicted molar refractivity (Wildman–Crippen MR) is 101 cm³/mol. The molecule has 1 heterocycles. The van der Waals surface area contributed by atoms with Crippen LogP contribution in [0.4, 0.5) is 0 Å². The first-order chi connectivity index (χ1) is 14.5. The normalized spacial score (nSPS) is 25.1. The second-order valence-electron chi connectivity index (χ2n) is 6.88. The Morgan fingerprint density at radius 1 is 0.903 bits per heavy atom. The fraction of sp³-hybridized carbons (Fsp3) is 0.737. The van der Waals surface area contributed by atoms with E-state index in [1.165, 1.54) is 6.92 Å². The molecule has 12 nitrogen and oxygen atoms in total. The molecule has 0 aromatic rings. The Labute approximate surface area is 179 Å². The lowest BCUT2D eigenvalue weighted by Crippen LogP contribution is -2.66. The number of hydrogen-bond donors (Lipinski definition) is 1. The maximum absolute atomic E-state index is 11.8. The predicted octanol–water partition coefficient (Wildman–Crippen LogP) is 0.308. The van der Waals surface area contributed by atoms with Gasteiger partial charge in [-0.2, -0.15) is 4.89 Å². The third kappa shape index (κ3) is 9.30. The highest BCUT2D eigenvalue weighted by atomic mass is 17.2. The van der Waals surface area contributed by atoms with Gasteiger partial charge in [0.05, 0.1) is 0 Å². The molecule has 0 aliphatic carbocycles. The number of hydrogen-bond acceptors (Lipinski definition) is 11. The van der Waals surface area contributed by atoms with Gasteiger partial charge in [-0.15, -0.1) is 0 Å². The van der Waals surface area contributed by atoms with Crippen molar-refractivity contribution in [3.05, 3.63) is 0 Å². The van der Waals surface area contributed by atoms with Gasteiger partial charge in [0.25, 0.3) is 0 Å². The molecule has 12 heteroatoms. The van der Waals surface area contributed by atoms with E-state index < -0.39 is 60.4 Å². The van der Waals surface area contributed by atoms with E-state index in [2.05, 4.69) is 5.32 Å². The van der Waals surface area contributed by atoms with Crippen LogP contribution in [0.15, 0.2) is 0 Å². The lowest BCUT2D eigenvalue weighted by molar-refractivity contribution is -0.389. The summed E-state index contributed by atoms with van der Waals surface area (Å²) in [4.78, 5) is 68.0. The molecule has 31 heavy (non-hydrogen) atoms. The van der Waals surface area contributed by atoms with E-state index >= 15 is 0 Å². The van der Waals surface area contributed by atoms with Gasteiger partial charge < -0.3 is 24.3 Å². The minimum atomic E-state index is -1.45. The number of carbonyl (C=O) groups is 5. The molecular weight excluding hydrogens is 418 g/mol. The largest absolute Gasteiger partial charge is 0.463 e. The zero-order valence-corrected chi connectivity index (χ0v) is 18.2. The van der Waals surface area contributed by atoms with Gasteiger partial charge in [-0.05, 0) is 6.42 Å². The van der Waals surface area contributed by atoms with Gasteiger partial charge >= 0.3 is 23.9 Å². The highest BCUT2D eigenvalue weighted by Gasteiger charge is 2.52. The molecule has 0 aromatic heterocycles. The molecular formula is C19H29NO11. The third-order valence-electron chi connectivity index (χ3n) is 4.04. The van der Waals surface area contributed by atoms with Crippen molar-refractivity contribution < 1.29 is 52.7 Å². The van der Waals surface area contributed by atoms with E-state index in [-0.39, 0.29) is 13.0 Å². The molecule has 1 fully saturated rings. The van der Waals surface area contributed by atoms with Crippen molar-refractivity contribution in [2.24, 2.45) is 0 Å². The van der Waals surface area contributed by atoms with Crippen molar-refractivity contribution in [1.82, 2.24) is 5.32 Å². The molecule has 1 saturated heterocycles. The highest BCUT2D eigenvalue weighted by Crippen LogP contribution is 2.28. The first-order valence-corrected chi connectivity index (χ1v) is 9.81. The Balaban J connectivity index is 3.20. The summed E-state index contributed by atoms with van der Waals surface area (Å²) in [6.07, 6.45) is -3.73. The first kappa shape index (κ1) is 26.3. The minimum absolute atomic E-state index is 0.0916. The summed E-state index contributed by atoms with van der Waals surface area (Å²) in [5.74, 6) is -3.33. The SMILES string of the molecule is CCCCC(=O)OO[C@H]1O[C@H](COC(C)=O)[C@H](OC(C)=O)[C@H](OC(C)=O)[C@H]1NC(C)=O. The molecule has 176 valence electrons. The average Bonchev–Trinajstić information content (AvgIpc) is 2.65. The Morgan fingerprint density at radius 3 is 2.03 bits per heavy atom. The maximum atomic E-state index is 11.8. The van der Waals surface area contributed by atoms with E-state index in [1.54, 1.807) is 0 Å². The summed E-state index contributed by atoms with van der Waals surface area (Å²) in [5, 5.41) is 2.49. The molecule has 1 aliphatic heterocycles. The van der Waals surface area contributed by atoms with Crippen LogP contribution in [0.25, 0.3) is 0 Å². The molecule has 1 rings (SSSR count). The number of esters is 3. The van der Waals surface area contributed by atoms with Gasteiger partial charge in [0.15, 0.2) is 12.2 Å². The first-order valence-electron chi connectivity index (χ1n) is 9.81. The van der Waals surface area contributed by atoms with E-state index in [4.69, 9.17) is 28.7 Å². The van der Waals surface area contributed by atoms with Gasteiger partial charge in [-0.25, -0.2) is 4.79 Å². The van der Waals surface area contributed by atoms with Crippen LogP contribution in [0.5, 0.6) is 0 Å². The van der Waals surface area contributed by atoms with E-state index in [0.29, 0.717) is 6.42 Å². The van der Waals surface area contributed by atoms with Crippen LogP contribution in [0.2, 0.25) is 0 Å². The molecule has 5 atom stereocenters. The number of ether oxygens (including phenoxy) is 4. The van der Waals surface area contributed by atoms with Crippen molar-refractivity contribution >= 4 is 29.8 Å². The zero-order valence-electron chi connectivity index (χ0n) is 18.2. The molecule has 1 amide bonds. The van der Waals surface area contributed by atoms with Crippen molar-refractivity contribution in [3.8, 4) is 0 Å². The molecule has 0 unspecified atom stereocenters. The van der Waals surface area contributed by atoms with E-state index in [1.807, 2.05) is 6.92 Å². The van der Waals surface area contributed by atoms with Crippen LogP contribution >= 0.6 is 0 Å². The Kier molecular flexibility index (Phi) is 10.9. The summed E-state index contributed by atoms with van der Waals surface area (Å²) in [6, 6.07) is -1.21. The summed E-state index contributed by atoms with van der Waals surface area (Å²) in [5.41, 5.74) is 0. The number of unbranched alkanes of at least 4 members (excludes halogenated alkanes) is 1. The van der Waals surface area contributed by atoms with E-state index in [9.17, 15) is 24.0 Å². The Hall–Kier alpha value is -2.73. The van der Waals surface area contributed by atoms with Crippen molar-refractivity contribution in [3.63, 3.8) is 0 Å². The van der Waals surface area contributed by atoms with Crippen LogP contribution in [0.1, 0.15) is 53.9 Å². The number of amides is 1. The van der Waals surface area contributed by atoms with Crippen LogP contribution in [-0.2, 0) is 52.7 Å². The monoisotopic (exact) mass is 447 g/mol. The quantitative estimate of drug-likeness (QED) is 0.213. The minimum Gasteiger partial charge on any atom is -0.463 e. The van der Waals surface area contributed by atoms with Crippen LogP contribution < -0.4 is 5.32 Å². The molecule has 1 N–H and O–H groups in total. The molecule has 0 aromatic carbocycles. The molecule has 0 radical (unpaired) electrons. The lowest BCUT2D eigenvalue weighted by atomic mass is 9.96. The highest BCUT2D eigenvalue weighted by molar-refractivity contribution is 5.73. The number of nitrogens with one attached hydrogen (secondary N) is 1. The van der Waals surface area contributed by atoms with Crippen molar-refractivity contribution in [2.45, 2.75) is 84.5 Å². The molecule has 0 bridgehead atoms. The van der Waals surface area contributed by atoms with Gasteiger partial charge in [-0.1, -0.05) is 13.3 Å². The Bertz CT molecular complexity index is 665. The van der Waals surface area contributed by atoms with Crippen LogP contribution in [-0.4, -0.2) is 67.0 Å². The van der Waals surface area contributed by atoms with Crippen LogP contribution in [0.3, 0.4) is 0 Å². The van der Waals surface area contributed by atoms with Gasteiger partial charge in [0.2, 0.25) is 12.2 Å². The summed E-state index contributed by atoms with van der Waals surface area (Å²) < 4.78 is 21.1. The molecule has 0 saturated carbocycles. The van der Waals surface area contributed by atoms with Crippen molar-refractivity contribution in [2.75, 3.05) is 6.61 Å². The summed E-state index contributed by atoms with van der Waals surface area (Å²) >= 11 is 0. The standard InChI is InChI=1S/C19H29NO11/c1-6-7-8-15(25)30-31-19-16(20-10(2)21)18(28-13(5)24)17(27-12(4)23)14(29-19)9-26-11(3)22/h14,16-19H,6-9H2,1-5H3,(H,20,21)/t14-,16-,17+,18-,19-/m1/s1. The molecule has 0 spiro atoms. The van der Waals surface area contributed by atoms with Gasteiger partial charge in [0, 0.05) is 34.1 Å². The van der Waals surface area contributed by atoms with Crippen LogP contribution in [0, 0.1) is 0 Å². The Morgan fingerprint density at radius 2 is 1.52 bits per heavy atom. The third-order valence-corrected chi connectivity index (χ3v) is 4.04. The van der Waals surface area contributed by atoms with Crippen molar-refractivity contribution in [1.29, 1.82) is 0 Å². The van der Waals surface area contributed by atoms with Gasteiger partial charge in [0.1, 0.15) is 18.8 Å². The second kappa shape index (κ2) is 12.8. The summed E-state index contributed by atoms with van der Waals surface area (Å²) in [7, 11) is 0. The zero-order chi connectivity index (χ0) is 23.6. The molecule has 1 aliphatic rings. The number of rotatable bonds is 10. The average molecular weight is 447 g/mol. The maximum Gasteiger partial charge on any atom is 0.342 e. The lowest BCUT2D eigenvalue weighted by Gasteiger charge is -2.43. The second-order valence-corrected chi connectivity index (χ2v) is 6.88. The van der Waals surface area contributed by atoms with E-state index in [0.717, 1.165) is 27.2 Å².